The van der Waals surface area contributed by atoms with Gasteiger partial charge in [0.05, 0.1) is 12.3 Å². The number of rotatable bonds is 5. The molecule has 1 atom stereocenters. The summed E-state index contributed by atoms with van der Waals surface area (Å²) in [5.74, 6) is -0.996. The van der Waals surface area contributed by atoms with Gasteiger partial charge in [0.15, 0.2) is 0 Å². The summed E-state index contributed by atoms with van der Waals surface area (Å²) in [6, 6.07) is 0.0416. The molecule has 2 N–H and O–H groups in total. The molecule has 5 nitrogen and oxygen atoms in total. The monoisotopic (exact) mass is 230 g/mol. The van der Waals surface area contributed by atoms with E-state index in [0.717, 1.165) is 17.0 Å². The van der Waals surface area contributed by atoms with Crippen molar-refractivity contribution in [2.24, 2.45) is 0 Å². The Hall–Kier alpha value is -0.980. The fourth-order valence-electron chi connectivity index (χ4n) is 1.03. The second-order valence-corrected chi connectivity index (χ2v) is 4.25. The molecule has 0 amide bonds. The Morgan fingerprint density at radius 3 is 2.87 bits per heavy atom. The van der Waals surface area contributed by atoms with Crippen molar-refractivity contribution in [2.75, 3.05) is 13.7 Å². The normalized spacial score (nSPS) is 13.1. The van der Waals surface area contributed by atoms with Crippen LogP contribution in [-0.4, -0.2) is 45.8 Å². The molecule has 0 aliphatic rings. The molecular weight excluding hydrogens is 216 g/mol. The second-order valence-electron chi connectivity index (χ2n) is 3.40. The van der Waals surface area contributed by atoms with Crippen molar-refractivity contribution in [1.29, 1.82) is 0 Å². The summed E-state index contributed by atoms with van der Waals surface area (Å²) in [6.07, 6.45) is 0. The molecular formula is C9H14N2O3S. The van der Waals surface area contributed by atoms with Crippen LogP contribution in [0.15, 0.2) is 5.38 Å². The highest BCUT2D eigenvalue weighted by Gasteiger charge is 2.12. The Morgan fingerprint density at radius 2 is 2.40 bits per heavy atom. The number of aliphatic hydroxyl groups is 1. The topological polar surface area (TPSA) is 73.7 Å². The van der Waals surface area contributed by atoms with Crippen molar-refractivity contribution in [1.82, 2.24) is 9.88 Å². The Bertz CT molecular complexity index is 340. The third-order valence-electron chi connectivity index (χ3n) is 2.16. The van der Waals surface area contributed by atoms with Gasteiger partial charge in [0.25, 0.3) is 0 Å². The van der Waals surface area contributed by atoms with E-state index in [-0.39, 0.29) is 17.7 Å². The zero-order valence-corrected chi connectivity index (χ0v) is 9.49. The molecule has 1 unspecified atom stereocenters. The van der Waals surface area contributed by atoms with Gasteiger partial charge in [-0.1, -0.05) is 0 Å². The molecule has 0 spiro atoms. The van der Waals surface area contributed by atoms with Crippen LogP contribution in [-0.2, 0) is 6.54 Å². The number of hydrogen-bond donors (Lipinski definition) is 2. The van der Waals surface area contributed by atoms with Gasteiger partial charge in [-0.25, -0.2) is 9.78 Å². The van der Waals surface area contributed by atoms with Crippen molar-refractivity contribution in [2.45, 2.75) is 19.5 Å². The van der Waals surface area contributed by atoms with E-state index in [4.69, 9.17) is 10.2 Å². The summed E-state index contributed by atoms with van der Waals surface area (Å²) in [5, 5.41) is 19.4. The summed E-state index contributed by atoms with van der Waals surface area (Å²) in [5.41, 5.74) is 0.722. The third kappa shape index (κ3) is 3.26. The number of aliphatic hydroxyl groups excluding tert-OH is 1. The van der Waals surface area contributed by atoms with E-state index in [1.165, 1.54) is 0 Å². The number of hydrogen-bond acceptors (Lipinski definition) is 5. The van der Waals surface area contributed by atoms with E-state index in [1.54, 1.807) is 5.38 Å². The second kappa shape index (κ2) is 5.20. The molecule has 1 aromatic heterocycles. The van der Waals surface area contributed by atoms with Crippen LogP contribution >= 0.6 is 11.3 Å². The molecule has 84 valence electrons. The van der Waals surface area contributed by atoms with Gasteiger partial charge in [0.2, 0.25) is 5.01 Å². The number of aromatic nitrogens is 1. The molecule has 0 aromatic carbocycles. The fourth-order valence-corrected chi connectivity index (χ4v) is 1.67. The van der Waals surface area contributed by atoms with Gasteiger partial charge in [-0.3, -0.25) is 4.90 Å². The molecule has 1 aromatic rings. The third-order valence-corrected chi connectivity index (χ3v) is 3.04. The number of nitrogens with zero attached hydrogens (tertiary/aromatic N) is 2. The van der Waals surface area contributed by atoms with E-state index >= 15 is 0 Å². The highest BCUT2D eigenvalue weighted by Crippen LogP contribution is 2.12. The summed E-state index contributed by atoms with van der Waals surface area (Å²) in [4.78, 5) is 16.5. The SMILES string of the molecule is CC(CO)N(C)Cc1csc(C(=O)O)n1. The maximum atomic E-state index is 10.6. The Morgan fingerprint density at radius 1 is 1.73 bits per heavy atom. The van der Waals surface area contributed by atoms with Crippen LogP contribution in [0.2, 0.25) is 0 Å². The van der Waals surface area contributed by atoms with E-state index in [0.29, 0.717) is 6.54 Å². The van der Waals surface area contributed by atoms with Gasteiger partial charge in [-0.05, 0) is 14.0 Å². The lowest BCUT2D eigenvalue weighted by atomic mass is 10.3. The van der Waals surface area contributed by atoms with Crippen LogP contribution in [0.25, 0.3) is 0 Å². The van der Waals surface area contributed by atoms with E-state index < -0.39 is 5.97 Å². The van der Waals surface area contributed by atoms with Crippen LogP contribution in [0, 0.1) is 0 Å². The average Bonchev–Trinajstić information content (AvgIpc) is 2.65. The standard InChI is InChI=1S/C9H14N2O3S/c1-6(4-12)11(2)3-7-5-15-8(10-7)9(13)14/h5-6,12H,3-4H2,1-2H3,(H,13,14). The van der Waals surface area contributed by atoms with E-state index in [2.05, 4.69) is 4.98 Å². The predicted octanol–water partition coefficient (Wildman–Crippen LogP) is 0.654. The number of thiazole rings is 1. The number of carboxylic acids is 1. The quantitative estimate of drug-likeness (QED) is 0.777. The minimum absolute atomic E-state index is 0.0416. The first kappa shape index (κ1) is 12.1. The van der Waals surface area contributed by atoms with Gasteiger partial charge in [-0.15, -0.1) is 11.3 Å². The largest absolute Gasteiger partial charge is 0.476 e. The summed E-state index contributed by atoms with van der Waals surface area (Å²) < 4.78 is 0. The molecule has 0 radical (unpaired) electrons. The molecule has 0 bridgehead atoms. The molecule has 6 heteroatoms. The fraction of sp³-hybridized carbons (Fsp3) is 0.556. The first-order valence-electron chi connectivity index (χ1n) is 4.53. The lowest BCUT2D eigenvalue weighted by Gasteiger charge is -2.21. The Labute approximate surface area is 92.0 Å². The summed E-state index contributed by atoms with van der Waals surface area (Å²) >= 11 is 1.12. The van der Waals surface area contributed by atoms with Crippen LogP contribution in [0.4, 0.5) is 0 Å². The highest BCUT2D eigenvalue weighted by molar-refractivity contribution is 7.11. The van der Waals surface area contributed by atoms with Crippen molar-refractivity contribution < 1.29 is 15.0 Å². The maximum Gasteiger partial charge on any atom is 0.365 e. The van der Waals surface area contributed by atoms with Gasteiger partial charge >= 0.3 is 5.97 Å². The zero-order valence-electron chi connectivity index (χ0n) is 8.67. The first-order chi connectivity index (χ1) is 7.04. The van der Waals surface area contributed by atoms with Gasteiger partial charge in [0, 0.05) is 18.0 Å². The van der Waals surface area contributed by atoms with Crippen LogP contribution < -0.4 is 0 Å². The average molecular weight is 230 g/mol. The Kier molecular flexibility index (Phi) is 4.19. The molecule has 1 rings (SSSR count). The van der Waals surface area contributed by atoms with Gasteiger partial charge in [-0.2, -0.15) is 0 Å². The number of carbonyl (C=O) groups is 1. The number of carboxylic acid groups (broad SMARTS) is 1. The minimum Gasteiger partial charge on any atom is -0.476 e. The predicted molar refractivity (Wildman–Crippen MR) is 57.1 cm³/mol. The molecule has 0 saturated carbocycles. The molecule has 0 saturated heterocycles. The van der Waals surface area contributed by atoms with Gasteiger partial charge < -0.3 is 10.2 Å². The first-order valence-corrected chi connectivity index (χ1v) is 5.41. The highest BCUT2D eigenvalue weighted by atomic mass is 32.1. The van der Waals surface area contributed by atoms with Crippen LogP contribution in [0.3, 0.4) is 0 Å². The lowest BCUT2D eigenvalue weighted by molar-refractivity contribution is 0.0696. The molecule has 0 aliphatic heterocycles. The molecule has 15 heavy (non-hydrogen) atoms. The lowest BCUT2D eigenvalue weighted by Crippen LogP contribution is -2.31. The number of aromatic carboxylic acids is 1. The van der Waals surface area contributed by atoms with Crippen molar-refractivity contribution in [3.05, 3.63) is 16.1 Å². The summed E-state index contributed by atoms with van der Waals surface area (Å²) in [6.45, 7) is 2.52. The smallest absolute Gasteiger partial charge is 0.365 e. The van der Waals surface area contributed by atoms with Crippen molar-refractivity contribution in [3.63, 3.8) is 0 Å². The zero-order chi connectivity index (χ0) is 11.4. The van der Waals surface area contributed by atoms with Crippen LogP contribution in [0.5, 0.6) is 0 Å². The minimum atomic E-state index is -0.996. The van der Waals surface area contributed by atoms with Crippen LogP contribution in [0.1, 0.15) is 22.4 Å². The van der Waals surface area contributed by atoms with Gasteiger partial charge in [0.1, 0.15) is 0 Å². The maximum absolute atomic E-state index is 10.6. The summed E-state index contributed by atoms with van der Waals surface area (Å²) in [7, 11) is 1.86. The molecule has 0 aliphatic carbocycles. The molecule has 1 heterocycles. The molecule has 0 fully saturated rings. The number of likely N-dealkylation sites (N-methyl/N-ethyl adjacent to an activating group) is 1. The Balaban J connectivity index is 2.61. The van der Waals surface area contributed by atoms with Crippen molar-refractivity contribution in [3.8, 4) is 0 Å². The van der Waals surface area contributed by atoms with E-state index in [9.17, 15) is 4.79 Å². The van der Waals surface area contributed by atoms with Crippen molar-refractivity contribution >= 4 is 17.3 Å². The van der Waals surface area contributed by atoms with E-state index in [1.807, 2.05) is 18.9 Å².